The van der Waals surface area contributed by atoms with Crippen molar-refractivity contribution in [3.63, 3.8) is 0 Å². The van der Waals surface area contributed by atoms with Crippen molar-refractivity contribution in [1.82, 2.24) is 5.48 Å². The van der Waals surface area contributed by atoms with Crippen LogP contribution in [-0.4, -0.2) is 42.2 Å². The zero-order valence-electron chi connectivity index (χ0n) is 13.5. The van der Waals surface area contributed by atoms with Crippen LogP contribution >= 0.6 is 11.3 Å². The molecule has 1 aromatic heterocycles. The van der Waals surface area contributed by atoms with Crippen LogP contribution in [0, 0.1) is 0 Å². The summed E-state index contributed by atoms with van der Waals surface area (Å²) in [7, 11) is 0. The summed E-state index contributed by atoms with van der Waals surface area (Å²) in [5.74, 6) is -2.45. The number of carbonyl (C=O) groups is 3. The fraction of sp³-hybridized carbons (Fsp3) is 0.533. The molecule has 0 bridgehead atoms. The van der Waals surface area contributed by atoms with E-state index in [1.165, 1.54) is 11.3 Å². The molecule has 1 heterocycles. The third-order valence-electron chi connectivity index (χ3n) is 3.46. The average molecular weight is 356 g/mol. The van der Waals surface area contributed by atoms with E-state index in [2.05, 4.69) is 10.2 Å². The van der Waals surface area contributed by atoms with Gasteiger partial charge in [-0.2, -0.15) is 0 Å². The van der Waals surface area contributed by atoms with Crippen molar-refractivity contribution in [2.45, 2.75) is 39.2 Å². The molecule has 24 heavy (non-hydrogen) atoms. The number of rotatable bonds is 5. The molecule has 8 nitrogen and oxygen atoms in total. The first kappa shape index (κ1) is 18.4. The van der Waals surface area contributed by atoms with Gasteiger partial charge in [0.15, 0.2) is 0 Å². The van der Waals surface area contributed by atoms with Crippen LogP contribution in [-0.2, 0) is 32.0 Å². The van der Waals surface area contributed by atoms with E-state index < -0.39 is 23.9 Å². The zero-order valence-corrected chi connectivity index (χ0v) is 14.3. The number of anilines is 1. The number of thiophene rings is 1. The molecule has 0 aliphatic heterocycles. The Morgan fingerprint density at radius 3 is 2.67 bits per heavy atom. The Morgan fingerprint density at radius 1 is 1.25 bits per heavy atom. The van der Waals surface area contributed by atoms with Gasteiger partial charge >= 0.3 is 17.8 Å². The van der Waals surface area contributed by atoms with Crippen LogP contribution in [0.2, 0.25) is 0 Å². The van der Waals surface area contributed by atoms with Gasteiger partial charge in [0, 0.05) is 11.3 Å². The standard InChI is InChI=1S/C15H20N2O6S/c1-3-22-15(21)11-9-6-5-8(18)7-10(9)24-14(11)16-12(19)13(20)17-23-4-2/h8,18H,3-7H2,1-2H3,(H,16,19)(H,17,20). The molecule has 1 aromatic rings. The maximum absolute atomic E-state index is 12.2. The van der Waals surface area contributed by atoms with Crippen molar-refractivity contribution < 1.29 is 29.1 Å². The van der Waals surface area contributed by atoms with Gasteiger partial charge in [0.2, 0.25) is 0 Å². The molecule has 0 saturated carbocycles. The molecule has 0 aromatic carbocycles. The summed E-state index contributed by atoms with van der Waals surface area (Å²) in [6.45, 7) is 3.77. The Labute approximate surface area is 143 Å². The van der Waals surface area contributed by atoms with Gasteiger partial charge in [0.25, 0.3) is 0 Å². The van der Waals surface area contributed by atoms with Crippen LogP contribution in [0.15, 0.2) is 0 Å². The Balaban J connectivity index is 2.26. The molecule has 0 spiro atoms. The average Bonchev–Trinajstić information content (AvgIpc) is 2.89. The van der Waals surface area contributed by atoms with E-state index in [0.717, 1.165) is 10.4 Å². The molecule has 1 aliphatic rings. The number of hydrogen-bond acceptors (Lipinski definition) is 7. The first-order chi connectivity index (χ1) is 11.5. The van der Waals surface area contributed by atoms with Crippen LogP contribution < -0.4 is 10.8 Å². The normalized spacial score (nSPS) is 16.2. The van der Waals surface area contributed by atoms with E-state index >= 15 is 0 Å². The number of nitrogens with one attached hydrogen (secondary N) is 2. The summed E-state index contributed by atoms with van der Waals surface area (Å²) in [6.07, 6.45) is 0.986. The molecule has 132 valence electrons. The predicted octanol–water partition coefficient (Wildman–Crippen LogP) is 0.781. The van der Waals surface area contributed by atoms with Crippen LogP contribution in [0.25, 0.3) is 0 Å². The van der Waals surface area contributed by atoms with Gasteiger partial charge in [-0.25, -0.2) is 10.3 Å². The lowest BCUT2D eigenvalue weighted by atomic mass is 9.93. The van der Waals surface area contributed by atoms with Crippen LogP contribution in [0.1, 0.15) is 41.1 Å². The minimum absolute atomic E-state index is 0.199. The largest absolute Gasteiger partial charge is 0.462 e. The lowest BCUT2D eigenvalue weighted by Gasteiger charge is -2.17. The fourth-order valence-corrected chi connectivity index (χ4v) is 3.72. The Hall–Kier alpha value is -1.97. The van der Waals surface area contributed by atoms with Gasteiger partial charge in [-0.05, 0) is 32.3 Å². The highest BCUT2D eigenvalue weighted by molar-refractivity contribution is 7.17. The van der Waals surface area contributed by atoms with E-state index in [9.17, 15) is 19.5 Å². The summed E-state index contributed by atoms with van der Waals surface area (Å²) >= 11 is 1.18. The van der Waals surface area contributed by atoms with E-state index in [0.29, 0.717) is 19.3 Å². The molecule has 2 rings (SSSR count). The summed E-state index contributed by atoms with van der Waals surface area (Å²) in [5, 5.41) is 12.5. The highest BCUT2D eigenvalue weighted by atomic mass is 32.1. The van der Waals surface area contributed by atoms with Crippen LogP contribution in [0.5, 0.6) is 0 Å². The Morgan fingerprint density at radius 2 is 2.00 bits per heavy atom. The van der Waals surface area contributed by atoms with E-state index in [1.54, 1.807) is 13.8 Å². The third kappa shape index (κ3) is 4.11. The molecule has 0 fully saturated rings. The molecule has 3 N–H and O–H groups in total. The summed E-state index contributed by atoms with van der Waals surface area (Å²) in [5.41, 5.74) is 3.03. The van der Waals surface area contributed by atoms with Crippen molar-refractivity contribution in [1.29, 1.82) is 0 Å². The van der Waals surface area contributed by atoms with Gasteiger partial charge in [-0.15, -0.1) is 11.3 Å². The number of ether oxygens (including phenoxy) is 1. The lowest BCUT2D eigenvalue weighted by Crippen LogP contribution is -2.35. The van der Waals surface area contributed by atoms with Gasteiger partial charge in [0.1, 0.15) is 5.00 Å². The van der Waals surface area contributed by atoms with Crippen molar-refractivity contribution in [3.8, 4) is 0 Å². The predicted molar refractivity (Wildman–Crippen MR) is 86.7 cm³/mol. The number of esters is 1. The smallest absolute Gasteiger partial charge is 0.341 e. The maximum atomic E-state index is 12.2. The first-order valence-corrected chi connectivity index (χ1v) is 8.52. The monoisotopic (exact) mass is 356 g/mol. The minimum atomic E-state index is -0.960. The third-order valence-corrected chi connectivity index (χ3v) is 4.63. The van der Waals surface area contributed by atoms with E-state index in [-0.39, 0.29) is 23.8 Å². The van der Waals surface area contributed by atoms with Gasteiger partial charge in [-0.3, -0.25) is 14.4 Å². The lowest BCUT2D eigenvalue weighted by molar-refractivity contribution is -0.144. The number of aliphatic hydroxyl groups is 1. The number of hydrogen-bond donors (Lipinski definition) is 3. The second-order valence-corrected chi connectivity index (χ2v) is 6.25. The van der Waals surface area contributed by atoms with Gasteiger partial charge in [0.05, 0.1) is 24.9 Å². The topological polar surface area (TPSA) is 114 Å². The SMILES string of the molecule is CCONC(=O)C(=O)Nc1sc2c(c1C(=O)OCC)CCC(O)C2. The molecular weight excluding hydrogens is 336 g/mol. The Bertz CT molecular complexity index is 642. The molecular formula is C15H20N2O6S. The highest BCUT2D eigenvalue weighted by Crippen LogP contribution is 2.38. The minimum Gasteiger partial charge on any atom is -0.462 e. The fourth-order valence-electron chi connectivity index (χ4n) is 2.42. The number of aliphatic hydroxyl groups excluding tert-OH is 1. The second-order valence-electron chi connectivity index (χ2n) is 5.14. The summed E-state index contributed by atoms with van der Waals surface area (Å²) in [4.78, 5) is 41.3. The summed E-state index contributed by atoms with van der Waals surface area (Å²) in [6, 6.07) is 0. The van der Waals surface area contributed by atoms with Crippen molar-refractivity contribution in [3.05, 3.63) is 16.0 Å². The second kappa shape index (κ2) is 8.22. The molecule has 9 heteroatoms. The van der Waals surface area contributed by atoms with Gasteiger partial charge in [-0.1, -0.05) is 0 Å². The number of amides is 2. The van der Waals surface area contributed by atoms with E-state index in [4.69, 9.17) is 4.74 Å². The number of hydroxylamine groups is 1. The van der Waals surface area contributed by atoms with Crippen molar-refractivity contribution in [2.24, 2.45) is 0 Å². The van der Waals surface area contributed by atoms with Crippen LogP contribution in [0.4, 0.5) is 5.00 Å². The zero-order chi connectivity index (χ0) is 17.7. The van der Waals surface area contributed by atoms with Crippen molar-refractivity contribution in [2.75, 3.05) is 18.5 Å². The van der Waals surface area contributed by atoms with Crippen LogP contribution in [0.3, 0.4) is 0 Å². The van der Waals surface area contributed by atoms with E-state index in [1.807, 2.05) is 5.48 Å². The first-order valence-electron chi connectivity index (χ1n) is 7.70. The van der Waals surface area contributed by atoms with Crippen molar-refractivity contribution >= 4 is 34.1 Å². The number of fused-ring (bicyclic) bond motifs is 1. The molecule has 2 amide bonds. The van der Waals surface area contributed by atoms with Gasteiger partial charge < -0.3 is 15.2 Å². The Kier molecular flexibility index (Phi) is 6.29. The molecule has 1 atom stereocenters. The maximum Gasteiger partial charge on any atom is 0.341 e. The summed E-state index contributed by atoms with van der Waals surface area (Å²) < 4.78 is 5.06. The number of carbonyl (C=O) groups excluding carboxylic acids is 3. The highest BCUT2D eigenvalue weighted by Gasteiger charge is 2.30. The molecule has 1 aliphatic carbocycles. The molecule has 1 unspecified atom stereocenters. The molecule has 0 radical (unpaired) electrons. The molecule has 0 saturated heterocycles. The quantitative estimate of drug-likeness (QED) is 0.408.